The van der Waals surface area contributed by atoms with Crippen molar-refractivity contribution in [1.82, 2.24) is 0 Å². The molecule has 0 radical (unpaired) electrons. The van der Waals surface area contributed by atoms with Gasteiger partial charge in [-0.2, -0.15) is 0 Å². The molecular formula is C19H25NO3. The van der Waals surface area contributed by atoms with Gasteiger partial charge in [0.2, 0.25) is 0 Å². The largest absolute Gasteiger partial charge is 0.497 e. The summed E-state index contributed by atoms with van der Waals surface area (Å²) in [5, 5.41) is 0. The summed E-state index contributed by atoms with van der Waals surface area (Å²) in [7, 11) is 1.69. The van der Waals surface area contributed by atoms with Crippen molar-refractivity contribution in [2.75, 3.05) is 44.9 Å². The van der Waals surface area contributed by atoms with Gasteiger partial charge in [0.15, 0.2) is 0 Å². The Morgan fingerprint density at radius 1 is 0.870 bits per heavy atom. The normalized spacial score (nSPS) is 10.3. The number of ether oxygens (including phenoxy) is 3. The first-order chi connectivity index (χ1) is 11.3. The van der Waals surface area contributed by atoms with Crippen LogP contribution in [0.1, 0.15) is 6.92 Å². The summed E-state index contributed by atoms with van der Waals surface area (Å²) in [5.74, 6) is 1.75. The van der Waals surface area contributed by atoms with E-state index < -0.39 is 0 Å². The minimum absolute atomic E-state index is 0.565. The highest BCUT2D eigenvalue weighted by Gasteiger charge is 2.05. The Kier molecular flexibility index (Phi) is 7.27. The third kappa shape index (κ3) is 5.83. The molecule has 0 N–H and O–H groups in total. The van der Waals surface area contributed by atoms with Gasteiger partial charge in [-0.25, -0.2) is 0 Å². The fourth-order valence-corrected chi connectivity index (χ4v) is 2.29. The average molecular weight is 315 g/mol. The lowest BCUT2D eigenvalue weighted by atomic mass is 10.2. The molecule has 4 nitrogen and oxygen atoms in total. The molecule has 0 aliphatic rings. The fraction of sp³-hybridized carbons (Fsp3) is 0.368. The smallest absolute Gasteiger partial charge is 0.120 e. The van der Waals surface area contributed by atoms with Crippen molar-refractivity contribution in [2.24, 2.45) is 0 Å². The van der Waals surface area contributed by atoms with Crippen LogP contribution in [0, 0.1) is 0 Å². The predicted octanol–water partition coefficient (Wildman–Crippen LogP) is 3.62. The Labute approximate surface area is 138 Å². The summed E-state index contributed by atoms with van der Waals surface area (Å²) in [6.07, 6.45) is 0. The highest BCUT2D eigenvalue weighted by atomic mass is 16.5. The molecule has 0 bridgehead atoms. The second-order valence-corrected chi connectivity index (χ2v) is 5.06. The van der Waals surface area contributed by atoms with Crippen LogP contribution in [-0.2, 0) is 4.74 Å². The molecule has 124 valence electrons. The topological polar surface area (TPSA) is 30.9 Å². The van der Waals surface area contributed by atoms with E-state index in [0.717, 1.165) is 30.3 Å². The quantitative estimate of drug-likeness (QED) is 0.627. The molecule has 23 heavy (non-hydrogen) atoms. The second-order valence-electron chi connectivity index (χ2n) is 5.06. The molecule has 0 aliphatic carbocycles. The molecule has 0 heterocycles. The number of hydrogen-bond acceptors (Lipinski definition) is 4. The Morgan fingerprint density at radius 2 is 1.65 bits per heavy atom. The van der Waals surface area contributed by atoms with Crippen molar-refractivity contribution < 1.29 is 14.2 Å². The Balaban J connectivity index is 1.67. The van der Waals surface area contributed by atoms with Crippen molar-refractivity contribution >= 4 is 5.69 Å². The number of methoxy groups -OCH3 is 1. The standard InChI is InChI=1S/C19H25NO3/c1-3-20(17-8-7-11-19(16-17)21-2)12-13-22-14-15-23-18-9-5-4-6-10-18/h4-11,16H,3,12-15H2,1-2H3. The number of likely N-dealkylation sites (N-methyl/N-ethyl adjacent to an activating group) is 1. The van der Waals surface area contributed by atoms with Crippen LogP contribution in [-0.4, -0.2) is 40.0 Å². The Hall–Kier alpha value is -2.20. The maximum Gasteiger partial charge on any atom is 0.120 e. The lowest BCUT2D eigenvalue weighted by molar-refractivity contribution is 0.105. The van der Waals surface area contributed by atoms with E-state index in [1.54, 1.807) is 7.11 Å². The second kappa shape index (κ2) is 9.74. The number of rotatable bonds is 10. The van der Waals surface area contributed by atoms with Gasteiger partial charge in [-0.15, -0.1) is 0 Å². The highest BCUT2D eigenvalue weighted by Crippen LogP contribution is 2.20. The van der Waals surface area contributed by atoms with E-state index >= 15 is 0 Å². The van der Waals surface area contributed by atoms with Gasteiger partial charge in [0.1, 0.15) is 18.1 Å². The molecular weight excluding hydrogens is 290 g/mol. The molecule has 0 saturated heterocycles. The molecule has 0 unspecified atom stereocenters. The van der Waals surface area contributed by atoms with E-state index in [0.29, 0.717) is 19.8 Å². The Morgan fingerprint density at radius 3 is 2.39 bits per heavy atom. The monoisotopic (exact) mass is 315 g/mol. The van der Waals surface area contributed by atoms with Crippen LogP contribution in [0.4, 0.5) is 5.69 Å². The van der Waals surface area contributed by atoms with Gasteiger partial charge >= 0.3 is 0 Å². The molecule has 2 rings (SSSR count). The molecule has 2 aromatic carbocycles. The minimum Gasteiger partial charge on any atom is -0.497 e. The van der Waals surface area contributed by atoms with Gasteiger partial charge in [-0.1, -0.05) is 24.3 Å². The van der Waals surface area contributed by atoms with Crippen molar-refractivity contribution in [3.63, 3.8) is 0 Å². The molecule has 0 fully saturated rings. The molecule has 0 aliphatic heterocycles. The SMILES string of the molecule is CCN(CCOCCOc1ccccc1)c1cccc(OC)c1. The van der Waals surface area contributed by atoms with E-state index in [2.05, 4.69) is 17.9 Å². The van der Waals surface area contributed by atoms with Gasteiger partial charge in [0.05, 0.1) is 20.3 Å². The zero-order chi connectivity index (χ0) is 16.3. The number of para-hydroxylation sites is 1. The maximum atomic E-state index is 5.67. The van der Waals surface area contributed by atoms with Gasteiger partial charge in [-0.05, 0) is 31.2 Å². The molecule has 0 spiro atoms. The summed E-state index contributed by atoms with van der Waals surface area (Å²) in [6, 6.07) is 17.9. The number of anilines is 1. The zero-order valence-electron chi connectivity index (χ0n) is 13.9. The van der Waals surface area contributed by atoms with Crippen LogP contribution in [0.3, 0.4) is 0 Å². The summed E-state index contributed by atoms with van der Waals surface area (Å²) < 4.78 is 16.5. The lowest BCUT2D eigenvalue weighted by Crippen LogP contribution is -2.27. The third-order valence-corrected chi connectivity index (χ3v) is 3.55. The van der Waals surface area contributed by atoms with Crippen molar-refractivity contribution in [3.8, 4) is 11.5 Å². The zero-order valence-corrected chi connectivity index (χ0v) is 13.9. The van der Waals surface area contributed by atoms with Crippen LogP contribution in [0.2, 0.25) is 0 Å². The van der Waals surface area contributed by atoms with Crippen molar-refractivity contribution in [2.45, 2.75) is 6.92 Å². The van der Waals surface area contributed by atoms with Gasteiger partial charge < -0.3 is 19.1 Å². The molecule has 0 saturated carbocycles. The lowest BCUT2D eigenvalue weighted by Gasteiger charge is -2.23. The summed E-state index contributed by atoms with van der Waals surface area (Å²) in [6.45, 7) is 5.73. The van der Waals surface area contributed by atoms with Crippen LogP contribution < -0.4 is 14.4 Å². The van der Waals surface area contributed by atoms with Gasteiger partial charge in [-0.3, -0.25) is 0 Å². The number of hydrogen-bond donors (Lipinski definition) is 0. The fourth-order valence-electron chi connectivity index (χ4n) is 2.29. The highest BCUT2D eigenvalue weighted by molar-refractivity contribution is 5.50. The van der Waals surface area contributed by atoms with E-state index in [1.165, 1.54) is 0 Å². The van der Waals surface area contributed by atoms with E-state index in [9.17, 15) is 0 Å². The molecule has 0 atom stereocenters. The summed E-state index contributed by atoms with van der Waals surface area (Å²) >= 11 is 0. The molecule has 4 heteroatoms. The van der Waals surface area contributed by atoms with E-state index in [4.69, 9.17) is 14.2 Å². The van der Waals surface area contributed by atoms with Gasteiger partial charge in [0, 0.05) is 24.8 Å². The number of nitrogens with zero attached hydrogens (tertiary/aromatic N) is 1. The average Bonchev–Trinajstić information content (AvgIpc) is 2.62. The first-order valence-electron chi connectivity index (χ1n) is 7.98. The molecule has 0 amide bonds. The maximum absolute atomic E-state index is 5.67. The van der Waals surface area contributed by atoms with Crippen LogP contribution in [0.5, 0.6) is 11.5 Å². The predicted molar refractivity (Wildman–Crippen MR) is 93.6 cm³/mol. The first-order valence-corrected chi connectivity index (χ1v) is 7.98. The van der Waals surface area contributed by atoms with E-state index in [1.807, 2.05) is 48.5 Å². The van der Waals surface area contributed by atoms with E-state index in [-0.39, 0.29) is 0 Å². The Bertz CT molecular complexity index is 560. The van der Waals surface area contributed by atoms with Crippen LogP contribution >= 0.6 is 0 Å². The minimum atomic E-state index is 0.565. The van der Waals surface area contributed by atoms with Crippen LogP contribution in [0.15, 0.2) is 54.6 Å². The summed E-state index contributed by atoms with van der Waals surface area (Å²) in [5.41, 5.74) is 1.15. The van der Waals surface area contributed by atoms with Crippen molar-refractivity contribution in [1.29, 1.82) is 0 Å². The molecule has 2 aromatic rings. The first kappa shape index (κ1) is 17.2. The summed E-state index contributed by atoms with van der Waals surface area (Å²) in [4.78, 5) is 2.26. The van der Waals surface area contributed by atoms with Crippen LogP contribution in [0.25, 0.3) is 0 Å². The number of benzene rings is 2. The molecule has 0 aromatic heterocycles. The van der Waals surface area contributed by atoms with Gasteiger partial charge in [0.25, 0.3) is 0 Å². The third-order valence-electron chi connectivity index (χ3n) is 3.55. The van der Waals surface area contributed by atoms with Crippen molar-refractivity contribution in [3.05, 3.63) is 54.6 Å².